The average Bonchev–Trinajstić information content (AvgIpc) is 3.48. The molecule has 0 aliphatic carbocycles. The molecule has 2 aromatic carbocycles. The van der Waals surface area contributed by atoms with Crippen LogP contribution in [0.25, 0.3) is 17.0 Å². The van der Waals surface area contributed by atoms with E-state index in [0.717, 1.165) is 22.2 Å². The monoisotopic (exact) mass is 443 g/mol. The Balaban J connectivity index is 1.46. The van der Waals surface area contributed by atoms with Crippen LogP contribution in [0.4, 0.5) is 5.69 Å². The molecule has 3 heterocycles. The molecule has 2 aromatic heterocycles. The van der Waals surface area contributed by atoms with Crippen LogP contribution >= 0.6 is 11.8 Å². The molecule has 2 N–H and O–H groups in total. The van der Waals surface area contributed by atoms with Crippen LogP contribution in [0.3, 0.4) is 0 Å². The number of aromatic carboxylic acids is 1. The van der Waals surface area contributed by atoms with E-state index in [2.05, 4.69) is 10.3 Å². The predicted octanol–water partition coefficient (Wildman–Crippen LogP) is 4.87. The van der Waals surface area contributed by atoms with Gasteiger partial charge in [-0.2, -0.15) is 0 Å². The number of thioether (sulfide) groups is 1. The first-order valence-corrected chi connectivity index (χ1v) is 10.6. The average molecular weight is 443 g/mol. The molecule has 158 valence electrons. The number of rotatable bonds is 5. The Kier molecular flexibility index (Phi) is 5.12. The number of para-hydroxylation sites is 2. The molecule has 0 bridgehead atoms. The van der Waals surface area contributed by atoms with Gasteiger partial charge in [0.1, 0.15) is 5.76 Å². The highest BCUT2D eigenvalue weighted by Gasteiger charge is 2.24. The van der Waals surface area contributed by atoms with Crippen LogP contribution in [0.15, 0.2) is 87.2 Å². The molecule has 5 rings (SSSR count). The third-order valence-electron chi connectivity index (χ3n) is 4.94. The first kappa shape index (κ1) is 19.9. The number of amides is 1. The van der Waals surface area contributed by atoms with Gasteiger partial charge in [-0.15, -0.1) is 0 Å². The second-order valence-corrected chi connectivity index (χ2v) is 8.15. The van der Waals surface area contributed by atoms with Gasteiger partial charge in [0.15, 0.2) is 5.17 Å². The summed E-state index contributed by atoms with van der Waals surface area (Å²) in [5.74, 6) is -0.856. The first-order chi connectivity index (χ1) is 15.6. The molecule has 1 saturated heterocycles. The number of amidine groups is 1. The van der Waals surface area contributed by atoms with Crippen molar-refractivity contribution in [3.05, 3.63) is 94.9 Å². The molecule has 0 spiro atoms. The fraction of sp³-hybridized carbons (Fsp3) is 0.0417. The van der Waals surface area contributed by atoms with Crippen molar-refractivity contribution in [2.45, 2.75) is 6.54 Å². The highest BCUT2D eigenvalue weighted by Crippen LogP contribution is 2.31. The molecule has 32 heavy (non-hydrogen) atoms. The van der Waals surface area contributed by atoms with Crippen molar-refractivity contribution >= 4 is 51.5 Å². The molecule has 1 amide bonds. The lowest BCUT2D eigenvalue weighted by Gasteiger charge is -2.02. The number of carbonyl (C=O) groups excluding carboxylic acids is 1. The molecule has 0 radical (unpaired) electrons. The molecule has 0 atom stereocenters. The minimum atomic E-state index is -1.10. The summed E-state index contributed by atoms with van der Waals surface area (Å²) in [5, 5.41) is 13.4. The van der Waals surface area contributed by atoms with Crippen molar-refractivity contribution in [2.24, 2.45) is 4.99 Å². The van der Waals surface area contributed by atoms with Crippen LogP contribution in [0.2, 0.25) is 0 Å². The minimum Gasteiger partial charge on any atom is -0.475 e. The number of aromatic nitrogens is 1. The van der Waals surface area contributed by atoms with Crippen LogP contribution in [0.5, 0.6) is 0 Å². The Morgan fingerprint density at radius 2 is 1.88 bits per heavy atom. The topological polar surface area (TPSA) is 96.8 Å². The molecular weight excluding hydrogens is 426 g/mol. The summed E-state index contributed by atoms with van der Waals surface area (Å²) < 4.78 is 7.38. The number of aliphatic imine (C=N–C) groups is 1. The Morgan fingerprint density at radius 1 is 1.09 bits per heavy atom. The molecule has 1 aliphatic rings. The van der Waals surface area contributed by atoms with Gasteiger partial charge in [0.25, 0.3) is 5.91 Å². The number of hydrogen-bond donors (Lipinski definition) is 2. The van der Waals surface area contributed by atoms with E-state index in [1.54, 1.807) is 6.07 Å². The van der Waals surface area contributed by atoms with Crippen LogP contribution in [-0.2, 0) is 11.3 Å². The largest absolute Gasteiger partial charge is 0.475 e. The number of benzene rings is 2. The maximum Gasteiger partial charge on any atom is 0.371 e. The molecule has 1 aliphatic heterocycles. The zero-order chi connectivity index (χ0) is 22.1. The van der Waals surface area contributed by atoms with Crippen LogP contribution < -0.4 is 5.32 Å². The number of carboxylic acid groups (broad SMARTS) is 1. The van der Waals surface area contributed by atoms with Crippen molar-refractivity contribution in [3.63, 3.8) is 0 Å². The number of nitrogens with zero attached hydrogens (tertiary/aromatic N) is 2. The van der Waals surface area contributed by atoms with E-state index in [4.69, 9.17) is 9.52 Å². The highest BCUT2D eigenvalue weighted by molar-refractivity contribution is 8.18. The van der Waals surface area contributed by atoms with E-state index in [-0.39, 0.29) is 11.7 Å². The minimum absolute atomic E-state index is 0.0944. The second-order valence-electron chi connectivity index (χ2n) is 7.12. The molecule has 0 saturated carbocycles. The number of nitrogens with one attached hydrogen (secondary N) is 1. The fourth-order valence-electron chi connectivity index (χ4n) is 3.51. The van der Waals surface area contributed by atoms with Gasteiger partial charge in [-0.3, -0.25) is 4.79 Å². The normalized spacial score (nSPS) is 16.2. The molecular formula is C24H17N3O4S. The van der Waals surface area contributed by atoms with Crippen LogP contribution in [0.1, 0.15) is 21.9 Å². The van der Waals surface area contributed by atoms with Gasteiger partial charge in [-0.1, -0.05) is 36.4 Å². The SMILES string of the molecule is O=C1NC(=Nc2ccccc2)S/C1=C\c1cn(Cc2ccc(C(=O)O)o2)c2ccccc12. The van der Waals surface area contributed by atoms with E-state index in [9.17, 15) is 9.59 Å². The highest BCUT2D eigenvalue weighted by atomic mass is 32.2. The van der Waals surface area contributed by atoms with Gasteiger partial charge in [-0.05, 0) is 48.2 Å². The summed E-state index contributed by atoms with van der Waals surface area (Å²) in [5.41, 5.74) is 2.60. The third-order valence-corrected chi connectivity index (χ3v) is 5.85. The number of hydrogen-bond acceptors (Lipinski definition) is 5. The number of furan rings is 1. The number of fused-ring (bicyclic) bond motifs is 1. The third kappa shape index (κ3) is 3.95. The summed E-state index contributed by atoms with van der Waals surface area (Å²) in [6.45, 7) is 0.372. The van der Waals surface area contributed by atoms with Gasteiger partial charge in [0.05, 0.1) is 17.1 Å². The van der Waals surface area contributed by atoms with E-state index < -0.39 is 5.97 Å². The van der Waals surface area contributed by atoms with Crippen LogP contribution in [0, 0.1) is 0 Å². The van der Waals surface area contributed by atoms with Crippen molar-refractivity contribution in [3.8, 4) is 0 Å². The lowest BCUT2D eigenvalue weighted by atomic mass is 10.1. The summed E-state index contributed by atoms with van der Waals surface area (Å²) in [4.78, 5) is 28.6. The lowest BCUT2D eigenvalue weighted by Crippen LogP contribution is -2.19. The summed E-state index contributed by atoms with van der Waals surface area (Å²) >= 11 is 1.29. The van der Waals surface area contributed by atoms with E-state index in [1.165, 1.54) is 17.8 Å². The van der Waals surface area contributed by atoms with E-state index in [1.807, 2.05) is 71.4 Å². The Hall–Kier alpha value is -4.04. The summed E-state index contributed by atoms with van der Waals surface area (Å²) in [6, 6.07) is 20.4. The Morgan fingerprint density at radius 3 is 2.66 bits per heavy atom. The van der Waals surface area contributed by atoms with Gasteiger partial charge >= 0.3 is 5.97 Å². The van der Waals surface area contributed by atoms with Crippen molar-refractivity contribution < 1.29 is 19.1 Å². The first-order valence-electron chi connectivity index (χ1n) is 9.81. The van der Waals surface area contributed by atoms with E-state index in [0.29, 0.717) is 22.4 Å². The number of carboxylic acids is 1. The van der Waals surface area contributed by atoms with Gasteiger partial charge in [0, 0.05) is 22.7 Å². The summed E-state index contributed by atoms with van der Waals surface area (Å²) in [6.07, 6.45) is 3.78. The Labute approximate surface area is 187 Å². The summed E-state index contributed by atoms with van der Waals surface area (Å²) in [7, 11) is 0. The van der Waals surface area contributed by atoms with Crippen molar-refractivity contribution in [1.29, 1.82) is 0 Å². The zero-order valence-electron chi connectivity index (χ0n) is 16.7. The molecule has 4 aromatic rings. The predicted molar refractivity (Wildman–Crippen MR) is 124 cm³/mol. The second kappa shape index (κ2) is 8.24. The maximum atomic E-state index is 12.5. The van der Waals surface area contributed by atoms with Gasteiger partial charge < -0.3 is 19.4 Å². The zero-order valence-corrected chi connectivity index (χ0v) is 17.5. The Bertz CT molecular complexity index is 1400. The maximum absolute atomic E-state index is 12.5. The van der Waals surface area contributed by atoms with Crippen molar-refractivity contribution in [2.75, 3.05) is 0 Å². The standard InChI is InChI=1S/C24H17N3O4S/c28-22-21(32-24(26-22)25-16-6-2-1-3-7-16)12-15-13-27(19-9-5-4-8-18(15)19)14-17-10-11-20(31-17)23(29)30/h1-13H,14H2,(H,29,30)(H,25,26,28)/b21-12-. The fourth-order valence-corrected chi connectivity index (χ4v) is 4.34. The molecule has 0 unspecified atom stereocenters. The molecule has 7 nitrogen and oxygen atoms in total. The molecule has 1 fully saturated rings. The molecule has 8 heteroatoms. The smallest absolute Gasteiger partial charge is 0.371 e. The quantitative estimate of drug-likeness (QED) is 0.429. The van der Waals surface area contributed by atoms with Crippen LogP contribution in [-0.4, -0.2) is 26.7 Å². The van der Waals surface area contributed by atoms with E-state index >= 15 is 0 Å². The van der Waals surface area contributed by atoms with Gasteiger partial charge in [-0.25, -0.2) is 9.79 Å². The lowest BCUT2D eigenvalue weighted by molar-refractivity contribution is -0.115. The van der Waals surface area contributed by atoms with Gasteiger partial charge in [0.2, 0.25) is 5.76 Å². The van der Waals surface area contributed by atoms with Crippen molar-refractivity contribution in [1.82, 2.24) is 9.88 Å². The number of carbonyl (C=O) groups is 2.